The maximum absolute atomic E-state index is 12.3. The number of nitrogens with zero attached hydrogens (tertiary/aromatic N) is 1. The highest BCUT2D eigenvalue weighted by Crippen LogP contribution is 2.37. The van der Waals surface area contributed by atoms with Gasteiger partial charge in [0.1, 0.15) is 5.75 Å². The number of piperidine rings is 1. The molecule has 3 heterocycles. The molecule has 0 bridgehead atoms. The molecule has 5 heteroatoms. The first-order valence-corrected chi connectivity index (χ1v) is 13.1. The Morgan fingerprint density at radius 3 is 2.66 bits per heavy atom. The number of carbonyl (C=O) groups is 1. The number of likely N-dealkylation sites (tertiary alicyclic amines) is 1. The average Bonchev–Trinajstić information content (AvgIpc) is 3.51. The van der Waals surface area contributed by atoms with Crippen LogP contribution in [0, 0.1) is 5.92 Å². The molecule has 1 N–H and O–H groups in total. The van der Waals surface area contributed by atoms with Gasteiger partial charge < -0.3 is 19.7 Å². The molecule has 5 nitrogen and oxygen atoms in total. The van der Waals surface area contributed by atoms with Crippen LogP contribution in [-0.2, 0) is 16.0 Å². The van der Waals surface area contributed by atoms with E-state index < -0.39 is 0 Å². The van der Waals surface area contributed by atoms with Crippen molar-refractivity contribution in [3.05, 3.63) is 29.3 Å². The summed E-state index contributed by atoms with van der Waals surface area (Å²) in [5.41, 5.74) is 3.03. The van der Waals surface area contributed by atoms with E-state index in [0.717, 1.165) is 57.0 Å². The molecule has 1 atom stereocenters. The maximum atomic E-state index is 12.3. The van der Waals surface area contributed by atoms with Gasteiger partial charge in [0.25, 0.3) is 0 Å². The van der Waals surface area contributed by atoms with Crippen molar-refractivity contribution >= 4 is 5.91 Å². The predicted octanol–water partition coefficient (Wildman–Crippen LogP) is 4.44. The fraction of sp³-hybridized carbons (Fsp3) is 0.741. The Balaban J connectivity index is 0.988. The Kier molecular flexibility index (Phi) is 7.33. The standard InChI is InChI=1S/C27H40N2O3/c30-27(19-23-3-2-17-31-23)28-22-8-6-20(7-9-22)10-14-29-15-11-21(12-16-29)24-4-1-5-26-25(24)13-18-32-26/h1,4-5,20-23H,2-3,6-19H2,(H,28,30)/t20-,22-,23-/m1/s1. The van der Waals surface area contributed by atoms with Crippen LogP contribution in [0.25, 0.3) is 0 Å². The Morgan fingerprint density at radius 2 is 1.88 bits per heavy atom. The summed E-state index contributed by atoms with van der Waals surface area (Å²) in [7, 11) is 0. The maximum Gasteiger partial charge on any atom is 0.222 e. The molecule has 4 aliphatic rings. The van der Waals surface area contributed by atoms with Gasteiger partial charge in [-0.1, -0.05) is 12.1 Å². The average molecular weight is 441 g/mol. The van der Waals surface area contributed by atoms with Crippen LogP contribution >= 0.6 is 0 Å². The van der Waals surface area contributed by atoms with Crippen molar-refractivity contribution in [3.63, 3.8) is 0 Å². The quantitative estimate of drug-likeness (QED) is 0.681. The lowest BCUT2D eigenvalue weighted by Crippen LogP contribution is -2.39. The van der Waals surface area contributed by atoms with E-state index in [9.17, 15) is 4.79 Å². The third-order valence-corrected chi connectivity index (χ3v) is 8.31. The molecule has 3 aliphatic heterocycles. The lowest BCUT2D eigenvalue weighted by molar-refractivity contribution is -0.124. The molecular formula is C27H40N2O3. The number of benzene rings is 1. The molecule has 1 aromatic rings. The van der Waals surface area contributed by atoms with E-state index in [0.29, 0.717) is 18.4 Å². The van der Waals surface area contributed by atoms with Crippen molar-refractivity contribution < 1.29 is 14.3 Å². The third kappa shape index (κ3) is 5.48. The number of rotatable bonds is 7. The molecule has 32 heavy (non-hydrogen) atoms. The molecule has 176 valence electrons. The Bertz CT molecular complexity index is 760. The lowest BCUT2D eigenvalue weighted by Gasteiger charge is -2.35. The van der Waals surface area contributed by atoms with Crippen molar-refractivity contribution in [2.75, 3.05) is 32.8 Å². The summed E-state index contributed by atoms with van der Waals surface area (Å²) in [5, 5.41) is 3.27. The smallest absolute Gasteiger partial charge is 0.222 e. The molecule has 3 fully saturated rings. The summed E-state index contributed by atoms with van der Waals surface area (Å²) in [6, 6.07) is 7.02. The number of carbonyl (C=O) groups excluding carboxylic acids is 1. The van der Waals surface area contributed by atoms with E-state index in [1.807, 2.05) is 0 Å². The Labute approximate surface area is 193 Å². The van der Waals surface area contributed by atoms with Crippen molar-refractivity contribution in [1.82, 2.24) is 10.2 Å². The van der Waals surface area contributed by atoms with E-state index in [-0.39, 0.29) is 12.0 Å². The van der Waals surface area contributed by atoms with Gasteiger partial charge in [-0.15, -0.1) is 0 Å². The minimum atomic E-state index is 0.159. The summed E-state index contributed by atoms with van der Waals surface area (Å²) in [6.07, 6.45) is 12.6. The van der Waals surface area contributed by atoms with E-state index in [1.165, 1.54) is 57.3 Å². The number of nitrogens with one attached hydrogen (secondary N) is 1. The first-order chi connectivity index (χ1) is 15.7. The number of hydrogen-bond donors (Lipinski definition) is 1. The van der Waals surface area contributed by atoms with Crippen molar-refractivity contribution in [2.24, 2.45) is 5.92 Å². The van der Waals surface area contributed by atoms with Gasteiger partial charge in [-0.05, 0) is 101 Å². The molecule has 2 saturated heterocycles. The van der Waals surface area contributed by atoms with Gasteiger partial charge in [-0.3, -0.25) is 4.79 Å². The van der Waals surface area contributed by atoms with Crippen molar-refractivity contribution in [1.29, 1.82) is 0 Å². The molecule has 0 unspecified atom stereocenters. The number of hydrogen-bond acceptors (Lipinski definition) is 4. The zero-order valence-corrected chi connectivity index (χ0v) is 19.5. The molecule has 1 amide bonds. The van der Waals surface area contributed by atoms with E-state index in [2.05, 4.69) is 28.4 Å². The second-order valence-electron chi connectivity index (χ2n) is 10.5. The van der Waals surface area contributed by atoms with Gasteiger partial charge in [-0.25, -0.2) is 0 Å². The topological polar surface area (TPSA) is 50.8 Å². The molecule has 0 spiro atoms. The highest BCUT2D eigenvalue weighted by atomic mass is 16.5. The lowest BCUT2D eigenvalue weighted by atomic mass is 9.83. The zero-order chi connectivity index (χ0) is 21.8. The fourth-order valence-electron chi connectivity index (χ4n) is 6.36. The molecule has 1 aromatic carbocycles. The largest absolute Gasteiger partial charge is 0.493 e. The van der Waals surface area contributed by atoms with Gasteiger partial charge in [-0.2, -0.15) is 0 Å². The highest BCUT2D eigenvalue weighted by molar-refractivity contribution is 5.76. The molecule has 0 radical (unpaired) electrons. The van der Waals surface area contributed by atoms with Gasteiger partial charge in [0, 0.05) is 24.6 Å². The van der Waals surface area contributed by atoms with Gasteiger partial charge in [0.2, 0.25) is 5.91 Å². The van der Waals surface area contributed by atoms with Crippen molar-refractivity contribution in [3.8, 4) is 5.75 Å². The zero-order valence-electron chi connectivity index (χ0n) is 19.5. The SMILES string of the molecule is O=C(C[C@H]1CCCO1)N[C@H]1CC[C@H](CCN2CCC(c3cccc4c3CCO4)CC2)CC1. The predicted molar refractivity (Wildman–Crippen MR) is 126 cm³/mol. The van der Waals surface area contributed by atoms with Crippen LogP contribution in [0.3, 0.4) is 0 Å². The Hall–Kier alpha value is -1.59. The number of ether oxygens (including phenoxy) is 2. The van der Waals surface area contributed by atoms with E-state index in [4.69, 9.17) is 9.47 Å². The Morgan fingerprint density at radius 1 is 1.03 bits per heavy atom. The summed E-state index contributed by atoms with van der Waals surface area (Å²) >= 11 is 0. The molecule has 1 saturated carbocycles. The molecule has 0 aromatic heterocycles. The summed E-state index contributed by atoms with van der Waals surface area (Å²) in [4.78, 5) is 15.0. The summed E-state index contributed by atoms with van der Waals surface area (Å²) in [6.45, 7) is 5.37. The van der Waals surface area contributed by atoms with Crippen molar-refractivity contribution in [2.45, 2.75) is 88.7 Å². The normalized spacial score (nSPS) is 28.9. The highest BCUT2D eigenvalue weighted by Gasteiger charge is 2.28. The monoisotopic (exact) mass is 440 g/mol. The van der Waals surface area contributed by atoms with Crippen LogP contribution in [0.1, 0.15) is 81.3 Å². The molecular weight excluding hydrogens is 400 g/mol. The van der Waals surface area contributed by atoms with Crippen LogP contribution in [-0.4, -0.2) is 55.8 Å². The van der Waals surface area contributed by atoms with Crippen LogP contribution in [0.15, 0.2) is 18.2 Å². The summed E-state index contributed by atoms with van der Waals surface area (Å²) in [5.74, 6) is 2.85. The van der Waals surface area contributed by atoms with Gasteiger partial charge in [0.15, 0.2) is 0 Å². The van der Waals surface area contributed by atoms with Crippen LogP contribution in [0.2, 0.25) is 0 Å². The molecule has 5 rings (SSSR count). The second-order valence-corrected chi connectivity index (χ2v) is 10.5. The third-order valence-electron chi connectivity index (χ3n) is 8.31. The van der Waals surface area contributed by atoms with E-state index in [1.54, 1.807) is 5.56 Å². The van der Waals surface area contributed by atoms with Gasteiger partial charge in [0.05, 0.1) is 19.1 Å². The summed E-state index contributed by atoms with van der Waals surface area (Å²) < 4.78 is 11.4. The first kappa shape index (κ1) is 22.2. The minimum absolute atomic E-state index is 0.159. The number of amides is 1. The molecule has 1 aliphatic carbocycles. The second kappa shape index (κ2) is 10.6. The van der Waals surface area contributed by atoms with Crippen LogP contribution in [0.4, 0.5) is 0 Å². The van der Waals surface area contributed by atoms with Crippen LogP contribution in [0.5, 0.6) is 5.75 Å². The fourth-order valence-corrected chi connectivity index (χ4v) is 6.36. The van der Waals surface area contributed by atoms with E-state index >= 15 is 0 Å². The van der Waals surface area contributed by atoms with Gasteiger partial charge >= 0.3 is 0 Å². The number of fused-ring (bicyclic) bond motifs is 1. The first-order valence-electron chi connectivity index (χ1n) is 13.1. The minimum Gasteiger partial charge on any atom is -0.493 e. The van der Waals surface area contributed by atoms with Crippen LogP contribution < -0.4 is 10.1 Å².